The van der Waals surface area contributed by atoms with E-state index in [4.69, 9.17) is 10.9 Å². The van der Waals surface area contributed by atoms with Crippen LogP contribution in [0.2, 0.25) is 0 Å². The van der Waals surface area contributed by atoms with Crippen molar-refractivity contribution in [3.8, 4) is 0 Å². The van der Waals surface area contributed by atoms with Gasteiger partial charge in [-0.25, -0.2) is 9.67 Å². The maximum atomic E-state index is 12.6. The van der Waals surface area contributed by atoms with Gasteiger partial charge in [0.2, 0.25) is 0 Å². The fourth-order valence-corrected chi connectivity index (χ4v) is 1.34. The highest BCUT2D eigenvalue weighted by atomic mass is 19.4. The Bertz CT molecular complexity index is 425. The molecular formula is C8H12F3N5O. The van der Waals surface area contributed by atoms with Gasteiger partial charge in [0.25, 0.3) is 0 Å². The number of rotatable bonds is 3. The molecule has 0 bridgehead atoms. The average molecular weight is 251 g/mol. The number of halogens is 3. The third-order valence-electron chi connectivity index (χ3n) is 2.19. The van der Waals surface area contributed by atoms with Crippen LogP contribution in [0, 0.1) is 19.8 Å². The van der Waals surface area contributed by atoms with Crippen LogP contribution in [0.4, 0.5) is 13.2 Å². The predicted molar refractivity (Wildman–Crippen MR) is 52.4 cm³/mol. The van der Waals surface area contributed by atoms with Crippen molar-refractivity contribution in [2.75, 3.05) is 0 Å². The summed E-state index contributed by atoms with van der Waals surface area (Å²) in [6, 6.07) is 0. The number of aromatic nitrogens is 3. The van der Waals surface area contributed by atoms with Gasteiger partial charge >= 0.3 is 6.18 Å². The first-order valence-corrected chi connectivity index (χ1v) is 4.68. The third-order valence-corrected chi connectivity index (χ3v) is 2.19. The predicted octanol–water partition coefficient (Wildman–Crippen LogP) is 0.820. The lowest BCUT2D eigenvalue weighted by Gasteiger charge is -2.18. The number of nitrogens with two attached hydrogens (primary N) is 1. The molecule has 0 saturated carbocycles. The van der Waals surface area contributed by atoms with E-state index in [1.807, 2.05) is 0 Å². The summed E-state index contributed by atoms with van der Waals surface area (Å²) in [5, 5.41) is 14.5. The van der Waals surface area contributed by atoms with Crippen molar-refractivity contribution in [1.82, 2.24) is 14.8 Å². The molecule has 6 nitrogen and oxygen atoms in total. The summed E-state index contributed by atoms with van der Waals surface area (Å²) >= 11 is 0. The SMILES string of the molecule is Cc1nc(C)n(CC(C(N)=NO)C(F)(F)F)n1. The Balaban J connectivity index is 2.99. The molecule has 1 aromatic heterocycles. The van der Waals surface area contributed by atoms with Crippen molar-refractivity contribution >= 4 is 5.84 Å². The van der Waals surface area contributed by atoms with Crippen LogP contribution < -0.4 is 5.73 Å². The van der Waals surface area contributed by atoms with Crippen molar-refractivity contribution in [1.29, 1.82) is 0 Å². The molecule has 3 N–H and O–H groups in total. The molecule has 0 saturated heterocycles. The fourth-order valence-electron chi connectivity index (χ4n) is 1.34. The molecule has 0 aromatic carbocycles. The van der Waals surface area contributed by atoms with E-state index in [9.17, 15) is 13.2 Å². The van der Waals surface area contributed by atoms with E-state index >= 15 is 0 Å². The first kappa shape index (κ1) is 13.3. The zero-order chi connectivity index (χ0) is 13.2. The summed E-state index contributed by atoms with van der Waals surface area (Å²) in [6.07, 6.45) is -4.61. The summed E-state index contributed by atoms with van der Waals surface area (Å²) in [7, 11) is 0. The van der Waals surface area contributed by atoms with Crippen LogP contribution in [0.5, 0.6) is 0 Å². The minimum Gasteiger partial charge on any atom is -0.409 e. The lowest BCUT2D eigenvalue weighted by molar-refractivity contribution is -0.159. The third kappa shape index (κ3) is 3.08. The minimum atomic E-state index is -4.61. The van der Waals surface area contributed by atoms with Crippen molar-refractivity contribution in [2.24, 2.45) is 16.8 Å². The Labute approximate surface area is 94.9 Å². The number of nitrogens with zero attached hydrogens (tertiary/aromatic N) is 4. The van der Waals surface area contributed by atoms with Crippen LogP contribution >= 0.6 is 0 Å². The van der Waals surface area contributed by atoms with Gasteiger partial charge in [-0.2, -0.15) is 18.3 Å². The molecule has 96 valence electrons. The number of alkyl halides is 3. The van der Waals surface area contributed by atoms with Crippen LogP contribution in [-0.4, -0.2) is 32.0 Å². The molecule has 0 spiro atoms. The van der Waals surface area contributed by atoms with Gasteiger partial charge in [0.15, 0.2) is 5.84 Å². The first-order valence-electron chi connectivity index (χ1n) is 4.68. The normalized spacial score (nSPS) is 15.0. The van der Waals surface area contributed by atoms with E-state index < -0.39 is 24.5 Å². The van der Waals surface area contributed by atoms with Gasteiger partial charge in [-0.3, -0.25) is 0 Å². The van der Waals surface area contributed by atoms with Crippen molar-refractivity contribution in [3.63, 3.8) is 0 Å². The van der Waals surface area contributed by atoms with E-state index in [1.165, 1.54) is 6.92 Å². The van der Waals surface area contributed by atoms with E-state index in [1.54, 1.807) is 6.92 Å². The number of amidine groups is 1. The van der Waals surface area contributed by atoms with Crippen molar-refractivity contribution in [3.05, 3.63) is 11.6 Å². The summed E-state index contributed by atoms with van der Waals surface area (Å²) in [6.45, 7) is 2.53. The van der Waals surface area contributed by atoms with Gasteiger partial charge in [-0.05, 0) is 13.8 Å². The molecule has 0 amide bonds. The largest absolute Gasteiger partial charge is 0.409 e. The molecule has 0 radical (unpaired) electrons. The zero-order valence-corrected chi connectivity index (χ0v) is 9.23. The monoisotopic (exact) mass is 251 g/mol. The van der Waals surface area contributed by atoms with Gasteiger partial charge in [0.05, 0.1) is 6.54 Å². The van der Waals surface area contributed by atoms with E-state index in [-0.39, 0.29) is 0 Å². The van der Waals surface area contributed by atoms with Crippen LogP contribution in [-0.2, 0) is 6.54 Å². The summed E-state index contributed by atoms with van der Waals surface area (Å²) in [4.78, 5) is 3.87. The maximum absolute atomic E-state index is 12.6. The van der Waals surface area contributed by atoms with Gasteiger partial charge in [-0.1, -0.05) is 5.16 Å². The Morgan fingerprint density at radius 1 is 1.53 bits per heavy atom. The molecule has 1 heterocycles. The number of oxime groups is 1. The second-order valence-corrected chi connectivity index (χ2v) is 3.51. The minimum absolute atomic E-state index is 0.336. The molecule has 1 atom stereocenters. The first-order chi connectivity index (χ1) is 7.75. The molecule has 1 aromatic rings. The molecule has 1 rings (SSSR count). The lowest BCUT2D eigenvalue weighted by Crippen LogP contribution is -2.39. The standard InChI is InChI=1S/C8H12F3N5O/c1-4-13-5(2)16(14-4)3-6(7(12)15-17)8(9,10)11/h6,17H,3H2,1-2H3,(H2,12,15). The Morgan fingerprint density at radius 2 is 2.12 bits per heavy atom. The molecule has 0 aliphatic carbocycles. The van der Waals surface area contributed by atoms with E-state index in [0.717, 1.165) is 4.68 Å². The topological polar surface area (TPSA) is 89.3 Å². The molecule has 0 aliphatic heterocycles. The Morgan fingerprint density at radius 3 is 2.47 bits per heavy atom. The molecule has 1 unspecified atom stereocenters. The second-order valence-electron chi connectivity index (χ2n) is 3.51. The summed E-state index contributed by atoms with van der Waals surface area (Å²) in [5.74, 6) is -2.29. The molecule has 9 heteroatoms. The smallest absolute Gasteiger partial charge is 0.400 e. The number of hydrogen-bond acceptors (Lipinski definition) is 4. The van der Waals surface area contributed by atoms with Crippen LogP contribution in [0.25, 0.3) is 0 Å². The Hall–Kier alpha value is -1.80. The number of aryl methyl sites for hydroxylation is 2. The van der Waals surface area contributed by atoms with Crippen molar-refractivity contribution < 1.29 is 18.4 Å². The lowest BCUT2D eigenvalue weighted by atomic mass is 10.1. The average Bonchev–Trinajstić information content (AvgIpc) is 2.51. The highest BCUT2D eigenvalue weighted by molar-refractivity contribution is 5.82. The number of hydrogen-bond donors (Lipinski definition) is 2. The molecule has 17 heavy (non-hydrogen) atoms. The second kappa shape index (κ2) is 4.60. The summed E-state index contributed by atoms with van der Waals surface area (Å²) in [5.41, 5.74) is 5.03. The van der Waals surface area contributed by atoms with Gasteiger partial charge in [0, 0.05) is 0 Å². The van der Waals surface area contributed by atoms with E-state index in [0.29, 0.717) is 11.6 Å². The van der Waals surface area contributed by atoms with Crippen LogP contribution in [0.3, 0.4) is 0 Å². The Kier molecular flexibility index (Phi) is 3.59. The quantitative estimate of drug-likeness (QED) is 0.360. The summed E-state index contributed by atoms with van der Waals surface area (Å²) < 4.78 is 39.0. The molecule has 0 fully saturated rings. The van der Waals surface area contributed by atoms with Crippen LogP contribution in [0.15, 0.2) is 5.16 Å². The van der Waals surface area contributed by atoms with Gasteiger partial charge in [0.1, 0.15) is 17.6 Å². The molecular weight excluding hydrogens is 239 g/mol. The highest BCUT2D eigenvalue weighted by Gasteiger charge is 2.43. The fraction of sp³-hybridized carbons (Fsp3) is 0.625. The molecule has 0 aliphatic rings. The van der Waals surface area contributed by atoms with Crippen molar-refractivity contribution in [2.45, 2.75) is 26.6 Å². The maximum Gasteiger partial charge on any atom is 0.400 e. The zero-order valence-electron chi connectivity index (χ0n) is 9.23. The van der Waals surface area contributed by atoms with Gasteiger partial charge < -0.3 is 10.9 Å². The van der Waals surface area contributed by atoms with Gasteiger partial charge in [-0.15, -0.1) is 0 Å². The van der Waals surface area contributed by atoms with E-state index in [2.05, 4.69) is 15.2 Å². The highest BCUT2D eigenvalue weighted by Crippen LogP contribution is 2.27. The van der Waals surface area contributed by atoms with Crippen LogP contribution in [0.1, 0.15) is 11.6 Å².